The third kappa shape index (κ3) is 2.66. The number of fused-ring (bicyclic) bond motifs is 3. The van der Waals surface area contributed by atoms with Crippen molar-refractivity contribution in [3.05, 3.63) is 45.9 Å². The molecule has 124 valence electrons. The van der Waals surface area contributed by atoms with Crippen LogP contribution in [0.2, 0.25) is 0 Å². The molecule has 1 fully saturated rings. The van der Waals surface area contributed by atoms with E-state index in [1.807, 2.05) is 22.7 Å². The Morgan fingerprint density at radius 2 is 2.12 bits per heavy atom. The van der Waals surface area contributed by atoms with Crippen LogP contribution in [0.25, 0.3) is 16.6 Å². The molecule has 0 atom stereocenters. The van der Waals surface area contributed by atoms with Crippen LogP contribution < -0.4 is 10.9 Å². The molecule has 3 aromatic rings. The molecule has 0 spiro atoms. The van der Waals surface area contributed by atoms with E-state index in [0.717, 1.165) is 48.1 Å². The summed E-state index contributed by atoms with van der Waals surface area (Å²) < 4.78 is 1.86. The minimum absolute atomic E-state index is 0. The maximum Gasteiger partial charge on any atom is 0.251 e. The normalized spacial score (nSPS) is 15.3. The summed E-state index contributed by atoms with van der Waals surface area (Å²) in [5.41, 5.74) is 3.27. The van der Waals surface area contributed by atoms with Gasteiger partial charge in [0.25, 0.3) is 5.56 Å². The summed E-state index contributed by atoms with van der Waals surface area (Å²) in [4.78, 5) is 15.1. The third-order valence-electron chi connectivity index (χ3n) is 4.58. The Bertz CT molecular complexity index is 978. The summed E-state index contributed by atoms with van der Waals surface area (Å²) in [5, 5.41) is 18.0. The average molecular weight is 344 g/mol. The van der Waals surface area contributed by atoms with Crippen LogP contribution in [0.3, 0.4) is 0 Å². The summed E-state index contributed by atoms with van der Waals surface area (Å²) >= 11 is 0. The van der Waals surface area contributed by atoms with E-state index in [2.05, 4.69) is 16.4 Å². The van der Waals surface area contributed by atoms with E-state index in [0.29, 0.717) is 18.0 Å². The molecule has 2 aromatic heterocycles. The Labute approximate surface area is 144 Å². The minimum Gasteiger partial charge on any atom is -0.317 e. The number of rotatable bonds is 2. The molecule has 1 aliphatic heterocycles. The number of hydrogen-bond donors (Lipinski definition) is 2. The summed E-state index contributed by atoms with van der Waals surface area (Å²) in [7, 11) is 0. The van der Waals surface area contributed by atoms with Crippen molar-refractivity contribution in [2.24, 2.45) is 0 Å². The summed E-state index contributed by atoms with van der Waals surface area (Å²) in [6, 6.07) is 9.60. The third-order valence-corrected chi connectivity index (χ3v) is 4.58. The van der Waals surface area contributed by atoms with Crippen LogP contribution in [0.15, 0.2) is 29.1 Å². The highest BCUT2D eigenvalue weighted by atomic mass is 35.5. The first-order valence-corrected chi connectivity index (χ1v) is 7.89. The van der Waals surface area contributed by atoms with Gasteiger partial charge in [-0.2, -0.15) is 10.4 Å². The van der Waals surface area contributed by atoms with Crippen LogP contribution in [0.5, 0.6) is 0 Å². The monoisotopic (exact) mass is 343 g/mol. The Hall–Kier alpha value is -2.36. The van der Waals surface area contributed by atoms with Gasteiger partial charge in [0.15, 0.2) is 0 Å². The van der Waals surface area contributed by atoms with E-state index < -0.39 is 0 Å². The fourth-order valence-electron chi connectivity index (χ4n) is 3.50. The van der Waals surface area contributed by atoms with Crippen molar-refractivity contribution in [2.45, 2.75) is 25.2 Å². The first-order chi connectivity index (χ1) is 11.3. The van der Waals surface area contributed by atoms with Crippen molar-refractivity contribution >= 4 is 29.0 Å². The predicted octanol–water partition coefficient (Wildman–Crippen LogP) is 2.13. The molecule has 3 heterocycles. The zero-order valence-corrected chi connectivity index (χ0v) is 13.9. The molecule has 0 amide bonds. The highest BCUT2D eigenvalue weighted by molar-refractivity contribution is 5.95. The highest BCUT2D eigenvalue weighted by Crippen LogP contribution is 2.28. The van der Waals surface area contributed by atoms with Gasteiger partial charge in [-0.1, -0.05) is 12.1 Å². The van der Waals surface area contributed by atoms with Crippen LogP contribution in [0.4, 0.5) is 0 Å². The molecule has 6 nitrogen and oxygen atoms in total. The molecule has 24 heavy (non-hydrogen) atoms. The zero-order valence-electron chi connectivity index (χ0n) is 13.1. The standard InChI is InChI=1S/C17H17N5O.ClH/c18-7-4-12-2-1-3-13-16(12)17-20-15(23)10-14(22(17)21-13)11-5-8-19-9-6-11;/h1-3,10-11,19H,4-6,8-9H2,(H,20,23);1H. The second-order valence-electron chi connectivity index (χ2n) is 5.99. The smallest absolute Gasteiger partial charge is 0.251 e. The largest absolute Gasteiger partial charge is 0.317 e. The van der Waals surface area contributed by atoms with E-state index in [9.17, 15) is 4.79 Å². The number of aromatic nitrogens is 3. The van der Waals surface area contributed by atoms with Gasteiger partial charge in [-0.15, -0.1) is 12.4 Å². The van der Waals surface area contributed by atoms with Crippen LogP contribution in [0, 0.1) is 11.3 Å². The maximum absolute atomic E-state index is 12.2. The number of benzene rings is 1. The first-order valence-electron chi connectivity index (χ1n) is 7.89. The Kier molecular flexibility index (Phi) is 4.56. The first kappa shape index (κ1) is 16.5. The molecule has 4 rings (SSSR count). The molecule has 1 aromatic carbocycles. The van der Waals surface area contributed by atoms with Crippen molar-refractivity contribution < 1.29 is 0 Å². The van der Waals surface area contributed by atoms with Gasteiger partial charge in [0.2, 0.25) is 0 Å². The zero-order chi connectivity index (χ0) is 15.8. The molecule has 0 radical (unpaired) electrons. The fraction of sp³-hybridized carbons (Fsp3) is 0.353. The number of nitrogens with one attached hydrogen (secondary N) is 2. The Balaban J connectivity index is 0.00000169. The van der Waals surface area contributed by atoms with Crippen LogP contribution in [0.1, 0.15) is 30.0 Å². The summed E-state index contributed by atoms with van der Waals surface area (Å²) in [5.74, 6) is 0.328. The fourth-order valence-corrected chi connectivity index (χ4v) is 3.50. The molecule has 2 N–H and O–H groups in total. The summed E-state index contributed by atoms with van der Waals surface area (Å²) in [6.45, 7) is 1.92. The quantitative estimate of drug-likeness (QED) is 0.746. The van der Waals surface area contributed by atoms with Gasteiger partial charge in [-0.05, 0) is 37.6 Å². The molecular weight excluding hydrogens is 326 g/mol. The van der Waals surface area contributed by atoms with Crippen LogP contribution in [-0.2, 0) is 6.42 Å². The number of nitriles is 1. The molecule has 1 saturated heterocycles. The molecule has 7 heteroatoms. The molecular formula is C17H18ClN5O. The van der Waals surface area contributed by atoms with Crippen LogP contribution >= 0.6 is 12.4 Å². The van der Waals surface area contributed by atoms with Gasteiger partial charge in [-0.25, -0.2) is 4.52 Å². The second-order valence-corrected chi connectivity index (χ2v) is 5.99. The lowest BCUT2D eigenvalue weighted by molar-refractivity contribution is 0.446. The lowest BCUT2D eigenvalue weighted by Crippen LogP contribution is -2.28. The number of nitrogens with zero attached hydrogens (tertiary/aromatic N) is 3. The van der Waals surface area contributed by atoms with Gasteiger partial charge in [0.1, 0.15) is 5.65 Å². The topological polar surface area (TPSA) is 86.0 Å². The van der Waals surface area contributed by atoms with E-state index >= 15 is 0 Å². The highest BCUT2D eigenvalue weighted by Gasteiger charge is 2.21. The van der Waals surface area contributed by atoms with Crippen molar-refractivity contribution in [1.82, 2.24) is 19.9 Å². The number of piperidine rings is 1. The number of aromatic amines is 1. The van der Waals surface area contributed by atoms with Crippen LogP contribution in [-0.4, -0.2) is 27.7 Å². The lowest BCUT2D eigenvalue weighted by atomic mass is 9.94. The molecule has 0 unspecified atom stereocenters. The van der Waals surface area contributed by atoms with Gasteiger partial charge in [-0.3, -0.25) is 4.79 Å². The van der Waals surface area contributed by atoms with Gasteiger partial charge >= 0.3 is 0 Å². The van der Waals surface area contributed by atoms with E-state index in [1.54, 1.807) is 6.07 Å². The Morgan fingerprint density at radius 1 is 1.33 bits per heavy atom. The molecule has 0 bridgehead atoms. The molecule has 0 saturated carbocycles. The van der Waals surface area contributed by atoms with Crippen molar-refractivity contribution in [3.63, 3.8) is 0 Å². The second kappa shape index (κ2) is 6.63. The van der Waals surface area contributed by atoms with Gasteiger partial charge in [0, 0.05) is 17.4 Å². The molecule has 1 aliphatic rings. The maximum atomic E-state index is 12.2. The lowest BCUT2D eigenvalue weighted by Gasteiger charge is -2.23. The SMILES string of the molecule is Cl.N#CCc1cccc2nn3c(C4CCNCC4)cc(=O)[nH]c3c12. The van der Waals surface area contributed by atoms with Crippen molar-refractivity contribution in [2.75, 3.05) is 13.1 Å². The molecule has 0 aliphatic carbocycles. The van der Waals surface area contributed by atoms with E-state index in [4.69, 9.17) is 10.4 Å². The number of halogens is 1. The predicted molar refractivity (Wildman–Crippen MR) is 94.7 cm³/mol. The average Bonchev–Trinajstić information content (AvgIpc) is 2.94. The summed E-state index contributed by atoms with van der Waals surface area (Å²) in [6.07, 6.45) is 2.30. The van der Waals surface area contributed by atoms with Crippen molar-refractivity contribution in [3.8, 4) is 6.07 Å². The van der Waals surface area contributed by atoms with E-state index in [1.165, 1.54) is 0 Å². The number of hydrogen-bond acceptors (Lipinski definition) is 4. The van der Waals surface area contributed by atoms with Crippen molar-refractivity contribution in [1.29, 1.82) is 5.26 Å². The van der Waals surface area contributed by atoms with Gasteiger partial charge in [0.05, 0.1) is 23.7 Å². The Morgan fingerprint density at radius 3 is 2.88 bits per heavy atom. The van der Waals surface area contributed by atoms with E-state index in [-0.39, 0.29) is 18.0 Å². The minimum atomic E-state index is -0.111. The number of H-pyrrole nitrogens is 1. The van der Waals surface area contributed by atoms with Gasteiger partial charge < -0.3 is 10.3 Å².